The lowest BCUT2D eigenvalue weighted by Gasteiger charge is -2.28. The van der Waals surface area contributed by atoms with Crippen molar-refractivity contribution in [2.24, 2.45) is 0 Å². The number of likely N-dealkylation sites (tertiary alicyclic amines) is 1. The Balaban J connectivity index is 1.29. The monoisotopic (exact) mass is 480 g/mol. The van der Waals surface area contributed by atoms with Gasteiger partial charge in [-0.3, -0.25) is 9.59 Å². The number of benzene rings is 3. The molecule has 182 valence electrons. The molecule has 0 radical (unpaired) electrons. The fourth-order valence-electron chi connectivity index (χ4n) is 6.31. The van der Waals surface area contributed by atoms with E-state index in [-0.39, 0.29) is 18.4 Å². The molecule has 3 aromatic rings. The Morgan fingerprint density at radius 3 is 2.58 bits per heavy atom. The topological polar surface area (TPSA) is 59.1 Å². The van der Waals surface area contributed by atoms with Gasteiger partial charge in [-0.2, -0.15) is 0 Å². The summed E-state index contributed by atoms with van der Waals surface area (Å²) < 4.78 is 11.9. The Kier molecular flexibility index (Phi) is 4.84. The van der Waals surface area contributed by atoms with E-state index in [4.69, 9.17) is 9.47 Å². The lowest BCUT2D eigenvalue weighted by molar-refractivity contribution is -0.122. The Morgan fingerprint density at radius 1 is 0.889 bits per heavy atom. The number of piperidine rings is 1. The molecule has 6 heteroatoms. The third kappa shape index (κ3) is 3.03. The third-order valence-electron chi connectivity index (χ3n) is 8.18. The molecule has 4 aliphatic rings. The second kappa shape index (κ2) is 8.12. The van der Waals surface area contributed by atoms with E-state index >= 15 is 0 Å². The average Bonchev–Trinajstić information content (AvgIpc) is 3.60. The maximum Gasteiger partial charge on any atom is 0.254 e. The van der Waals surface area contributed by atoms with Crippen molar-refractivity contribution in [3.8, 4) is 11.5 Å². The van der Waals surface area contributed by atoms with Crippen molar-refractivity contribution in [2.45, 2.75) is 37.6 Å². The van der Waals surface area contributed by atoms with Crippen LogP contribution in [-0.4, -0.2) is 43.0 Å². The minimum atomic E-state index is -0.880. The highest BCUT2D eigenvalue weighted by Crippen LogP contribution is 2.54. The number of hydrogen-bond acceptors (Lipinski definition) is 4. The number of carbonyl (C=O) groups is 2. The predicted octanol–water partition coefficient (Wildman–Crippen LogP) is 4.47. The minimum Gasteiger partial charge on any atom is -0.493 e. The molecule has 36 heavy (non-hydrogen) atoms. The van der Waals surface area contributed by atoms with E-state index in [1.165, 1.54) is 6.42 Å². The van der Waals surface area contributed by atoms with Gasteiger partial charge in [-0.15, -0.1) is 0 Å². The molecule has 1 atom stereocenters. The van der Waals surface area contributed by atoms with Gasteiger partial charge in [0.25, 0.3) is 5.91 Å². The Morgan fingerprint density at radius 2 is 1.69 bits per heavy atom. The van der Waals surface area contributed by atoms with E-state index in [0.717, 1.165) is 71.8 Å². The van der Waals surface area contributed by atoms with Crippen molar-refractivity contribution in [1.82, 2.24) is 4.90 Å². The van der Waals surface area contributed by atoms with Gasteiger partial charge in [-0.25, -0.2) is 0 Å². The molecule has 4 aliphatic heterocycles. The SMILES string of the molecule is O=C(c1ccccc1CN1C(=O)C2(COc3cc4c(cc32)CCO4)c2ccccc21)N1CCCCC1. The van der Waals surface area contributed by atoms with Crippen LogP contribution < -0.4 is 14.4 Å². The molecule has 1 spiro atoms. The third-order valence-corrected chi connectivity index (χ3v) is 8.18. The van der Waals surface area contributed by atoms with Crippen molar-refractivity contribution in [3.05, 3.63) is 88.5 Å². The summed E-state index contributed by atoms with van der Waals surface area (Å²) in [6.45, 7) is 2.86. The lowest BCUT2D eigenvalue weighted by atomic mass is 9.76. The van der Waals surface area contributed by atoms with Gasteiger partial charge in [0.2, 0.25) is 5.91 Å². The van der Waals surface area contributed by atoms with Crippen LogP contribution in [-0.2, 0) is 23.2 Å². The molecule has 4 heterocycles. The summed E-state index contributed by atoms with van der Waals surface area (Å²) in [6.07, 6.45) is 4.10. The van der Waals surface area contributed by atoms with Gasteiger partial charge in [-0.05, 0) is 54.2 Å². The number of amides is 2. The first-order valence-corrected chi connectivity index (χ1v) is 12.9. The number of anilines is 1. The van der Waals surface area contributed by atoms with Crippen LogP contribution in [0.5, 0.6) is 11.5 Å². The zero-order chi connectivity index (χ0) is 24.3. The van der Waals surface area contributed by atoms with Crippen molar-refractivity contribution < 1.29 is 19.1 Å². The zero-order valence-corrected chi connectivity index (χ0v) is 20.2. The van der Waals surface area contributed by atoms with Crippen LogP contribution in [0.4, 0.5) is 5.69 Å². The number of ether oxygens (including phenoxy) is 2. The van der Waals surface area contributed by atoms with Crippen LogP contribution >= 0.6 is 0 Å². The standard InChI is InChI=1S/C30H28N2O4/c33-28(31-13-6-1-7-14-31)22-9-3-2-8-21(22)18-32-25-11-5-4-10-23(25)30(29(32)34)19-36-27-17-26-20(12-15-35-26)16-24(27)30/h2-5,8-11,16-17H,1,6-7,12-15,18-19H2. The molecule has 1 fully saturated rings. The van der Waals surface area contributed by atoms with Crippen LogP contribution in [0.2, 0.25) is 0 Å². The quantitative estimate of drug-likeness (QED) is 0.555. The summed E-state index contributed by atoms with van der Waals surface area (Å²) in [4.78, 5) is 31.6. The Hall–Kier alpha value is -3.80. The second-order valence-electron chi connectivity index (χ2n) is 10.2. The predicted molar refractivity (Wildman–Crippen MR) is 136 cm³/mol. The first-order chi connectivity index (χ1) is 17.7. The van der Waals surface area contributed by atoms with Gasteiger partial charge in [0.1, 0.15) is 23.5 Å². The van der Waals surface area contributed by atoms with Gasteiger partial charge in [0, 0.05) is 42.4 Å². The van der Waals surface area contributed by atoms with Crippen molar-refractivity contribution in [3.63, 3.8) is 0 Å². The van der Waals surface area contributed by atoms with Crippen LogP contribution in [0.25, 0.3) is 0 Å². The summed E-state index contributed by atoms with van der Waals surface area (Å²) in [5, 5.41) is 0. The molecule has 1 unspecified atom stereocenters. The number of fused-ring (bicyclic) bond motifs is 5. The molecule has 2 amide bonds. The number of para-hydroxylation sites is 1. The molecule has 1 saturated heterocycles. The van der Waals surface area contributed by atoms with Gasteiger partial charge < -0.3 is 19.3 Å². The molecule has 0 saturated carbocycles. The molecular weight excluding hydrogens is 452 g/mol. The van der Waals surface area contributed by atoms with E-state index in [0.29, 0.717) is 18.7 Å². The largest absolute Gasteiger partial charge is 0.493 e. The van der Waals surface area contributed by atoms with Crippen LogP contribution in [0.1, 0.15) is 51.9 Å². The highest BCUT2D eigenvalue weighted by molar-refractivity contribution is 6.11. The molecule has 0 N–H and O–H groups in total. The van der Waals surface area contributed by atoms with E-state index in [1.807, 2.05) is 64.4 Å². The van der Waals surface area contributed by atoms with Gasteiger partial charge >= 0.3 is 0 Å². The van der Waals surface area contributed by atoms with Gasteiger partial charge in [-0.1, -0.05) is 36.4 Å². The normalized spacial score (nSPS) is 21.7. The fraction of sp³-hybridized carbons (Fsp3) is 0.333. The summed E-state index contributed by atoms with van der Waals surface area (Å²) in [5.74, 6) is 1.64. The summed E-state index contributed by atoms with van der Waals surface area (Å²) >= 11 is 0. The summed E-state index contributed by atoms with van der Waals surface area (Å²) in [5.41, 5.74) is 4.57. The minimum absolute atomic E-state index is 0.00143. The van der Waals surface area contributed by atoms with Crippen LogP contribution in [0.15, 0.2) is 60.7 Å². The van der Waals surface area contributed by atoms with Gasteiger partial charge in [0.15, 0.2) is 0 Å². The molecule has 7 rings (SSSR count). The van der Waals surface area contributed by atoms with E-state index in [9.17, 15) is 9.59 Å². The lowest BCUT2D eigenvalue weighted by Crippen LogP contribution is -2.42. The molecular formula is C30H28N2O4. The second-order valence-corrected chi connectivity index (χ2v) is 10.2. The van der Waals surface area contributed by atoms with E-state index in [1.54, 1.807) is 0 Å². The maximum atomic E-state index is 14.4. The summed E-state index contributed by atoms with van der Waals surface area (Å²) in [6, 6.07) is 19.8. The average molecular weight is 481 g/mol. The highest BCUT2D eigenvalue weighted by atomic mass is 16.5. The molecule has 0 aromatic heterocycles. The Bertz CT molecular complexity index is 1390. The molecule has 0 aliphatic carbocycles. The van der Waals surface area contributed by atoms with Crippen molar-refractivity contribution in [1.29, 1.82) is 0 Å². The number of rotatable bonds is 3. The fourth-order valence-corrected chi connectivity index (χ4v) is 6.31. The molecule has 6 nitrogen and oxygen atoms in total. The van der Waals surface area contributed by atoms with Crippen LogP contribution in [0, 0.1) is 0 Å². The number of hydrogen-bond donors (Lipinski definition) is 0. The molecule has 3 aromatic carbocycles. The number of nitrogens with zero attached hydrogens (tertiary/aromatic N) is 2. The first kappa shape index (κ1) is 21.5. The number of carbonyl (C=O) groups excluding carboxylic acids is 2. The Labute approximate surface area is 210 Å². The van der Waals surface area contributed by atoms with E-state index in [2.05, 4.69) is 6.07 Å². The van der Waals surface area contributed by atoms with Crippen molar-refractivity contribution >= 4 is 17.5 Å². The first-order valence-electron chi connectivity index (χ1n) is 12.9. The van der Waals surface area contributed by atoms with E-state index < -0.39 is 5.41 Å². The smallest absolute Gasteiger partial charge is 0.254 e. The van der Waals surface area contributed by atoms with Crippen molar-refractivity contribution in [2.75, 3.05) is 31.2 Å². The summed E-state index contributed by atoms with van der Waals surface area (Å²) in [7, 11) is 0. The molecule has 0 bridgehead atoms. The zero-order valence-electron chi connectivity index (χ0n) is 20.2. The maximum absolute atomic E-state index is 14.4. The van der Waals surface area contributed by atoms with Gasteiger partial charge in [0.05, 0.1) is 13.2 Å². The van der Waals surface area contributed by atoms with Crippen LogP contribution in [0.3, 0.4) is 0 Å². The highest BCUT2D eigenvalue weighted by Gasteiger charge is 2.57.